The largest absolute Gasteiger partial charge is 0.496 e. The van der Waals surface area contributed by atoms with E-state index < -0.39 is 0 Å². The molecule has 0 aliphatic carbocycles. The smallest absolute Gasteiger partial charge is 0.271 e. The zero-order valence-electron chi connectivity index (χ0n) is 17.4. The lowest BCUT2D eigenvalue weighted by Crippen LogP contribution is -2.33. The van der Waals surface area contributed by atoms with Crippen LogP contribution in [0, 0.1) is 13.8 Å². The van der Waals surface area contributed by atoms with Crippen molar-refractivity contribution in [3.05, 3.63) is 53.5 Å². The van der Waals surface area contributed by atoms with Crippen LogP contribution in [0.1, 0.15) is 34.5 Å². The Morgan fingerprint density at radius 2 is 1.83 bits per heavy atom. The third-order valence-corrected chi connectivity index (χ3v) is 5.59. The number of amides is 1. The molecule has 1 aliphatic heterocycles. The van der Waals surface area contributed by atoms with E-state index in [4.69, 9.17) is 4.74 Å². The molecule has 0 radical (unpaired) electrons. The Kier molecular flexibility index (Phi) is 5.53. The van der Waals surface area contributed by atoms with Crippen LogP contribution in [-0.4, -0.2) is 53.5 Å². The average molecular weight is 393 g/mol. The molecule has 29 heavy (non-hydrogen) atoms. The molecule has 2 aromatic heterocycles. The normalized spacial score (nSPS) is 14.4. The number of nitrogens with zero attached hydrogens (tertiary/aromatic N) is 3. The lowest BCUT2D eigenvalue weighted by Gasteiger charge is -2.14. The van der Waals surface area contributed by atoms with Gasteiger partial charge in [-0.15, -0.1) is 0 Å². The van der Waals surface area contributed by atoms with Gasteiger partial charge in [-0.2, -0.15) is 0 Å². The minimum absolute atomic E-state index is 0.120. The quantitative estimate of drug-likeness (QED) is 0.698. The van der Waals surface area contributed by atoms with Gasteiger partial charge in [0.15, 0.2) is 0 Å². The van der Waals surface area contributed by atoms with Gasteiger partial charge in [-0.25, -0.2) is 4.98 Å². The van der Waals surface area contributed by atoms with Gasteiger partial charge in [-0.1, -0.05) is 0 Å². The maximum atomic E-state index is 12.5. The number of carbonyl (C=O) groups excluding carboxylic acids is 1. The van der Waals surface area contributed by atoms with Crippen molar-refractivity contribution < 1.29 is 9.53 Å². The molecule has 0 unspecified atom stereocenters. The van der Waals surface area contributed by atoms with E-state index in [2.05, 4.69) is 41.2 Å². The number of nitrogens with one attached hydrogen (secondary N) is 1. The Balaban J connectivity index is 1.51. The Hall–Kier alpha value is -2.86. The second-order valence-corrected chi connectivity index (χ2v) is 7.76. The monoisotopic (exact) mass is 392 g/mol. The first-order valence-electron chi connectivity index (χ1n) is 10.2. The Morgan fingerprint density at radius 1 is 1.10 bits per heavy atom. The summed E-state index contributed by atoms with van der Waals surface area (Å²) < 4.78 is 7.38. The third-order valence-electron chi connectivity index (χ3n) is 5.59. The number of carbonyl (C=O) groups is 1. The fraction of sp³-hybridized carbons (Fsp3) is 0.391. The molecule has 1 aromatic carbocycles. The van der Waals surface area contributed by atoms with Gasteiger partial charge < -0.3 is 19.4 Å². The number of pyridine rings is 1. The van der Waals surface area contributed by atoms with Gasteiger partial charge in [0, 0.05) is 25.5 Å². The number of rotatable bonds is 6. The molecular formula is C23H28N4O2. The summed E-state index contributed by atoms with van der Waals surface area (Å²) in [5.74, 6) is 0.802. The maximum Gasteiger partial charge on any atom is 0.271 e. The van der Waals surface area contributed by atoms with Crippen molar-refractivity contribution in [3.8, 4) is 16.9 Å². The van der Waals surface area contributed by atoms with Gasteiger partial charge in [-0.05, 0) is 86.3 Å². The lowest BCUT2D eigenvalue weighted by molar-refractivity contribution is 0.0945. The van der Waals surface area contributed by atoms with Crippen molar-refractivity contribution in [2.45, 2.75) is 26.7 Å². The molecule has 1 N–H and O–H groups in total. The van der Waals surface area contributed by atoms with Gasteiger partial charge >= 0.3 is 0 Å². The second kappa shape index (κ2) is 8.25. The fourth-order valence-electron chi connectivity index (χ4n) is 4.14. The zero-order chi connectivity index (χ0) is 20.4. The van der Waals surface area contributed by atoms with Crippen molar-refractivity contribution in [3.63, 3.8) is 0 Å². The molecule has 6 nitrogen and oxygen atoms in total. The molecule has 0 spiro atoms. The zero-order valence-corrected chi connectivity index (χ0v) is 17.4. The Bertz CT molecular complexity index is 1010. The van der Waals surface area contributed by atoms with Crippen LogP contribution >= 0.6 is 0 Å². The number of benzene rings is 1. The summed E-state index contributed by atoms with van der Waals surface area (Å²) in [4.78, 5) is 19.3. The molecular weight excluding hydrogens is 364 g/mol. The van der Waals surface area contributed by atoms with Crippen LogP contribution in [0.3, 0.4) is 0 Å². The fourth-order valence-corrected chi connectivity index (χ4v) is 4.14. The van der Waals surface area contributed by atoms with Crippen LogP contribution < -0.4 is 10.1 Å². The van der Waals surface area contributed by atoms with Crippen molar-refractivity contribution in [2.75, 3.05) is 33.3 Å². The highest BCUT2D eigenvalue weighted by Crippen LogP contribution is 2.30. The molecule has 1 amide bonds. The Labute approximate surface area is 171 Å². The molecule has 3 aromatic rings. The van der Waals surface area contributed by atoms with Gasteiger partial charge in [0.25, 0.3) is 5.91 Å². The standard InChI is InChI=1S/C23H28N4O2/c1-16-12-19(13-17(2)22(16)29-3)18-6-7-21-25-20(15-27(21)14-18)23(28)24-8-11-26-9-4-5-10-26/h6-7,12-15H,4-5,8-11H2,1-3H3,(H,24,28). The molecule has 1 aliphatic rings. The highest BCUT2D eigenvalue weighted by atomic mass is 16.5. The number of fused-ring (bicyclic) bond motifs is 1. The summed E-state index contributed by atoms with van der Waals surface area (Å²) >= 11 is 0. The molecule has 0 atom stereocenters. The van der Waals surface area contributed by atoms with Crippen LogP contribution in [-0.2, 0) is 0 Å². The molecule has 6 heteroatoms. The number of likely N-dealkylation sites (tertiary alicyclic amines) is 1. The third kappa shape index (κ3) is 4.12. The lowest BCUT2D eigenvalue weighted by atomic mass is 10.0. The molecule has 152 valence electrons. The predicted molar refractivity (Wildman–Crippen MR) is 115 cm³/mol. The first-order chi connectivity index (χ1) is 14.0. The van der Waals surface area contributed by atoms with E-state index in [1.54, 1.807) is 13.3 Å². The van der Waals surface area contributed by atoms with E-state index in [1.807, 2.05) is 22.7 Å². The van der Waals surface area contributed by atoms with Crippen LogP contribution in [0.2, 0.25) is 0 Å². The number of imidazole rings is 1. The minimum Gasteiger partial charge on any atom is -0.496 e. The van der Waals surface area contributed by atoms with Crippen LogP contribution in [0.25, 0.3) is 16.8 Å². The van der Waals surface area contributed by atoms with Gasteiger partial charge in [0.2, 0.25) is 0 Å². The number of ether oxygens (including phenoxy) is 1. The Morgan fingerprint density at radius 3 is 2.52 bits per heavy atom. The highest BCUT2D eigenvalue weighted by Gasteiger charge is 2.14. The summed E-state index contributed by atoms with van der Waals surface area (Å²) in [6.45, 7) is 7.93. The number of hydrogen-bond donors (Lipinski definition) is 1. The van der Waals surface area contributed by atoms with E-state index in [0.717, 1.165) is 53.3 Å². The average Bonchev–Trinajstić information content (AvgIpc) is 3.36. The number of methoxy groups -OCH3 is 1. The van der Waals surface area contributed by atoms with E-state index in [-0.39, 0.29) is 5.91 Å². The molecule has 4 rings (SSSR count). The van der Waals surface area contributed by atoms with Gasteiger partial charge in [0.1, 0.15) is 17.1 Å². The predicted octanol–water partition coefficient (Wildman–Crippen LogP) is 3.45. The summed E-state index contributed by atoms with van der Waals surface area (Å²) in [6, 6.07) is 8.23. The summed E-state index contributed by atoms with van der Waals surface area (Å²) in [5.41, 5.74) is 5.61. The first-order valence-corrected chi connectivity index (χ1v) is 10.2. The topological polar surface area (TPSA) is 58.9 Å². The molecule has 0 saturated carbocycles. The van der Waals surface area contributed by atoms with Crippen LogP contribution in [0.15, 0.2) is 36.7 Å². The number of aryl methyl sites for hydroxylation is 2. The second-order valence-electron chi connectivity index (χ2n) is 7.76. The van der Waals surface area contributed by atoms with E-state index in [1.165, 1.54) is 12.8 Å². The summed E-state index contributed by atoms with van der Waals surface area (Å²) in [7, 11) is 1.70. The van der Waals surface area contributed by atoms with Crippen LogP contribution in [0.5, 0.6) is 5.75 Å². The van der Waals surface area contributed by atoms with Gasteiger partial charge in [0.05, 0.1) is 7.11 Å². The SMILES string of the molecule is COc1c(C)cc(-c2ccc3nc(C(=O)NCCN4CCCC4)cn3c2)cc1C. The molecule has 3 heterocycles. The van der Waals surface area contributed by atoms with Crippen molar-refractivity contribution in [2.24, 2.45) is 0 Å². The van der Waals surface area contributed by atoms with Gasteiger partial charge in [-0.3, -0.25) is 4.79 Å². The maximum absolute atomic E-state index is 12.5. The first kappa shape index (κ1) is 19.5. The van der Waals surface area contributed by atoms with Crippen molar-refractivity contribution in [1.29, 1.82) is 0 Å². The van der Waals surface area contributed by atoms with E-state index in [9.17, 15) is 4.79 Å². The van der Waals surface area contributed by atoms with E-state index in [0.29, 0.717) is 12.2 Å². The molecule has 0 bridgehead atoms. The molecule has 1 saturated heterocycles. The van der Waals surface area contributed by atoms with Crippen LogP contribution in [0.4, 0.5) is 0 Å². The number of aromatic nitrogens is 2. The minimum atomic E-state index is -0.120. The summed E-state index contributed by atoms with van der Waals surface area (Å²) in [6.07, 6.45) is 6.34. The molecule has 1 fully saturated rings. The summed E-state index contributed by atoms with van der Waals surface area (Å²) in [5, 5.41) is 2.99. The number of hydrogen-bond acceptors (Lipinski definition) is 4. The van der Waals surface area contributed by atoms with Crippen molar-refractivity contribution in [1.82, 2.24) is 19.6 Å². The highest BCUT2D eigenvalue weighted by molar-refractivity contribution is 5.92. The van der Waals surface area contributed by atoms with Crippen molar-refractivity contribution >= 4 is 11.6 Å². The van der Waals surface area contributed by atoms with E-state index >= 15 is 0 Å².